The Kier molecular flexibility index (Phi) is 6.10. The molecule has 0 aromatic heterocycles. The third kappa shape index (κ3) is 4.43. The van der Waals surface area contributed by atoms with Crippen molar-refractivity contribution in [3.05, 3.63) is 88.4 Å². The lowest BCUT2D eigenvalue weighted by Gasteiger charge is -2.38. The fourth-order valence-electron chi connectivity index (χ4n) is 4.89. The van der Waals surface area contributed by atoms with E-state index in [1.54, 1.807) is 0 Å². The van der Waals surface area contributed by atoms with E-state index in [1.807, 2.05) is 4.90 Å². The summed E-state index contributed by atoms with van der Waals surface area (Å²) in [5.74, 6) is -0.383. The average molecular weight is 486 g/mol. The summed E-state index contributed by atoms with van der Waals surface area (Å²) < 4.78 is 39.0. The second-order valence-electron chi connectivity index (χ2n) is 8.63. The van der Waals surface area contributed by atoms with Crippen molar-refractivity contribution in [1.82, 2.24) is 9.80 Å². The van der Waals surface area contributed by atoms with Crippen LogP contribution in [0.2, 0.25) is 5.02 Å². The van der Waals surface area contributed by atoms with Crippen LogP contribution >= 0.6 is 11.6 Å². The van der Waals surface area contributed by atoms with Crippen molar-refractivity contribution in [1.29, 1.82) is 0 Å². The zero-order valence-corrected chi connectivity index (χ0v) is 19.0. The topological polar surface area (TPSA) is 35.6 Å². The maximum Gasteiger partial charge on any atom is 0.416 e. The standard InChI is InChI=1S/C26H23ClF3N3O/c27-22-10-9-17(26(28,29)30)15-23(22)31-24(34)16-32-11-13-33(14-12-32)25-20-7-3-1-5-18(20)19-6-2-4-8-21(19)25/h1-10,15,25H,11-14,16H2,(H,31,34). The molecule has 8 heteroatoms. The van der Waals surface area contributed by atoms with E-state index < -0.39 is 11.7 Å². The highest BCUT2D eigenvalue weighted by molar-refractivity contribution is 6.33. The van der Waals surface area contributed by atoms with Crippen molar-refractivity contribution in [3.8, 4) is 11.1 Å². The second kappa shape index (κ2) is 9.06. The van der Waals surface area contributed by atoms with Crippen molar-refractivity contribution < 1.29 is 18.0 Å². The lowest BCUT2D eigenvalue weighted by atomic mass is 10.0. The predicted molar refractivity (Wildman–Crippen MR) is 127 cm³/mol. The van der Waals surface area contributed by atoms with Crippen molar-refractivity contribution in [2.45, 2.75) is 12.2 Å². The molecule has 0 unspecified atom stereocenters. The first-order valence-electron chi connectivity index (χ1n) is 11.1. The molecule has 2 aliphatic rings. The van der Waals surface area contributed by atoms with E-state index in [9.17, 15) is 18.0 Å². The molecule has 0 bridgehead atoms. The molecule has 3 aromatic rings. The third-order valence-corrected chi connectivity index (χ3v) is 6.84. The molecule has 1 N–H and O–H groups in total. The maximum absolute atomic E-state index is 13.0. The number of hydrogen-bond acceptors (Lipinski definition) is 3. The van der Waals surface area contributed by atoms with Crippen molar-refractivity contribution in [2.75, 3.05) is 38.0 Å². The second-order valence-corrected chi connectivity index (χ2v) is 9.04. The number of carbonyl (C=O) groups excluding carboxylic acids is 1. The van der Waals surface area contributed by atoms with E-state index in [0.717, 1.165) is 31.3 Å². The largest absolute Gasteiger partial charge is 0.416 e. The van der Waals surface area contributed by atoms with E-state index >= 15 is 0 Å². The van der Waals surface area contributed by atoms with Crippen LogP contribution < -0.4 is 5.32 Å². The average Bonchev–Trinajstić information content (AvgIpc) is 3.15. The summed E-state index contributed by atoms with van der Waals surface area (Å²) in [6.07, 6.45) is -4.50. The number of hydrogen-bond donors (Lipinski definition) is 1. The maximum atomic E-state index is 13.0. The van der Waals surface area contributed by atoms with Gasteiger partial charge in [0.25, 0.3) is 0 Å². The molecule has 1 amide bonds. The normalized spacial score (nSPS) is 16.8. The summed E-state index contributed by atoms with van der Waals surface area (Å²) in [5, 5.41) is 2.61. The number of benzene rings is 3. The molecule has 176 valence electrons. The fourth-order valence-corrected chi connectivity index (χ4v) is 5.06. The molecule has 1 aliphatic heterocycles. The monoisotopic (exact) mass is 485 g/mol. The Hall–Kier alpha value is -2.87. The van der Waals surface area contributed by atoms with Gasteiger partial charge in [-0.2, -0.15) is 13.2 Å². The van der Waals surface area contributed by atoms with Gasteiger partial charge in [0, 0.05) is 26.2 Å². The van der Waals surface area contributed by atoms with Crippen LogP contribution in [-0.2, 0) is 11.0 Å². The van der Waals surface area contributed by atoms with Crippen LogP contribution in [0.15, 0.2) is 66.7 Å². The van der Waals surface area contributed by atoms with Gasteiger partial charge in [0.05, 0.1) is 28.9 Å². The number of alkyl halides is 3. The zero-order chi connectivity index (χ0) is 23.9. The summed E-state index contributed by atoms with van der Waals surface area (Å²) in [6.45, 7) is 3.03. The van der Waals surface area contributed by atoms with E-state index in [4.69, 9.17) is 11.6 Å². The Bertz CT molecular complexity index is 1180. The minimum Gasteiger partial charge on any atom is -0.324 e. The highest BCUT2D eigenvalue weighted by Gasteiger charge is 2.34. The quantitative estimate of drug-likeness (QED) is 0.516. The highest BCUT2D eigenvalue weighted by atomic mass is 35.5. The molecule has 5 rings (SSSR count). The Morgan fingerprint density at radius 2 is 1.50 bits per heavy atom. The number of anilines is 1. The number of carbonyl (C=O) groups is 1. The van der Waals surface area contributed by atoms with Crippen LogP contribution in [0.1, 0.15) is 22.7 Å². The first-order chi connectivity index (χ1) is 16.3. The molecule has 0 atom stereocenters. The first kappa shape index (κ1) is 22.9. The van der Waals surface area contributed by atoms with Crippen LogP contribution in [0.3, 0.4) is 0 Å². The number of nitrogens with zero attached hydrogens (tertiary/aromatic N) is 2. The van der Waals surface area contributed by atoms with E-state index in [-0.39, 0.29) is 29.2 Å². The molecule has 1 fully saturated rings. The van der Waals surface area contributed by atoms with Crippen molar-refractivity contribution in [3.63, 3.8) is 0 Å². The number of amides is 1. The minimum atomic E-state index is -4.50. The molecule has 1 heterocycles. The third-order valence-electron chi connectivity index (χ3n) is 6.51. The van der Waals surface area contributed by atoms with Gasteiger partial charge in [-0.3, -0.25) is 14.6 Å². The fraction of sp³-hybridized carbons (Fsp3) is 0.269. The molecule has 1 saturated heterocycles. The lowest BCUT2D eigenvalue weighted by molar-refractivity contribution is -0.137. The van der Waals surface area contributed by atoms with E-state index in [1.165, 1.54) is 22.3 Å². The SMILES string of the molecule is O=C(CN1CCN(C2c3ccccc3-c3ccccc32)CC1)Nc1cc(C(F)(F)F)ccc1Cl. The summed E-state index contributed by atoms with van der Waals surface area (Å²) >= 11 is 6.01. The molecule has 0 spiro atoms. The number of halogens is 4. The minimum absolute atomic E-state index is 0.0284. The van der Waals surface area contributed by atoms with Gasteiger partial charge in [-0.05, 0) is 40.5 Å². The van der Waals surface area contributed by atoms with Crippen LogP contribution in [-0.4, -0.2) is 48.4 Å². The first-order valence-corrected chi connectivity index (χ1v) is 11.5. The summed E-state index contributed by atoms with van der Waals surface area (Å²) in [6, 6.07) is 20.0. The smallest absolute Gasteiger partial charge is 0.324 e. The predicted octanol–water partition coefficient (Wildman–Crippen LogP) is 5.68. The number of nitrogens with one attached hydrogen (secondary N) is 1. The summed E-state index contributed by atoms with van der Waals surface area (Å²) in [4.78, 5) is 17.0. The molecule has 4 nitrogen and oxygen atoms in total. The van der Waals surface area contributed by atoms with Gasteiger partial charge in [-0.1, -0.05) is 60.1 Å². The van der Waals surface area contributed by atoms with Gasteiger partial charge in [-0.15, -0.1) is 0 Å². The number of rotatable bonds is 4. The molecular formula is C26H23ClF3N3O. The molecule has 0 radical (unpaired) electrons. The van der Waals surface area contributed by atoms with Crippen LogP contribution in [0.4, 0.5) is 18.9 Å². The van der Waals surface area contributed by atoms with Gasteiger partial charge >= 0.3 is 6.18 Å². The van der Waals surface area contributed by atoms with E-state index in [2.05, 4.69) is 58.7 Å². The van der Waals surface area contributed by atoms with E-state index in [0.29, 0.717) is 13.1 Å². The molecule has 3 aromatic carbocycles. The van der Waals surface area contributed by atoms with Crippen molar-refractivity contribution >= 4 is 23.2 Å². The molecule has 1 aliphatic carbocycles. The van der Waals surface area contributed by atoms with Crippen LogP contribution in [0, 0.1) is 0 Å². The lowest BCUT2D eigenvalue weighted by Crippen LogP contribution is -2.49. The van der Waals surface area contributed by atoms with Gasteiger partial charge in [0.1, 0.15) is 0 Å². The number of fused-ring (bicyclic) bond motifs is 3. The summed E-state index contributed by atoms with van der Waals surface area (Å²) in [5.41, 5.74) is 4.26. The van der Waals surface area contributed by atoms with Crippen LogP contribution in [0.5, 0.6) is 0 Å². The molecular weight excluding hydrogens is 463 g/mol. The Morgan fingerprint density at radius 3 is 2.09 bits per heavy atom. The van der Waals surface area contributed by atoms with Crippen LogP contribution in [0.25, 0.3) is 11.1 Å². The Balaban J connectivity index is 1.23. The molecule has 34 heavy (non-hydrogen) atoms. The molecule has 0 saturated carbocycles. The highest BCUT2D eigenvalue weighted by Crippen LogP contribution is 2.46. The van der Waals surface area contributed by atoms with Gasteiger partial charge in [0.15, 0.2) is 0 Å². The van der Waals surface area contributed by atoms with Gasteiger partial charge in [0.2, 0.25) is 5.91 Å². The van der Waals surface area contributed by atoms with Gasteiger partial charge in [-0.25, -0.2) is 0 Å². The van der Waals surface area contributed by atoms with Gasteiger partial charge < -0.3 is 5.32 Å². The Labute approximate surface area is 200 Å². The summed E-state index contributed by atoms with van der Waals surface area (Å²) in [7, 11) is 0. The zero-order valence-electron chi connectivity index (χ0n) is 18.3. The Morgan fingerprint density at radius 1 is 0.912 bits per heavy atom. The van der Waals surface area contributed by atoms with Crippen molar-refractivity contribution in [2.24, 2.45) is 0 Å². The number of piperazine rings is 1.